The number of hydrogen-bond acceptors (Lipinski definition) is 2. The van der Waals surface area contributed by atoms with Crippen LogP contribution in [0.3, 0.4) is 0 Å². The summed E-state index contributed by atoms with van der Waals surface area (Å²) in [4.78, 5) is 25.6. The monoisotopic (exact) mass is 358 g/mol. The maximum absolute atomic E-state index is 13.0. The van der Waals surface area contributed by atoms with Gasteiger partial charge >= 0.3 is 0 Å². The fourth-order valence-corrected chi connectivity index (χ4v) is 2.84. The Morgan fingerprint density at radius 2 is 1.41 bits per heavy atom. The van der Waals surface area contributed by atoms with Crippen molar-refractivity contribution in [3.63, 3.8) is 0 Å². The molecule has 0 radical (unpaired) electrons. The number of anilines is 1. The van der Waals surface area contributed by atoms with E-state index in [1.54, 1.807) is 24.3 Å². The van der Waals surface area contributed by atoms with Crippen LogP contribution < -0.4 is 10.6 Å². The lowest BCUT2D eigenvalue weighted by molar-refractivity contribution is -0.118. The number of nitrogens with one attached hydrogen (secondary N) is 2. The minimum atomic E-state index is -0.793. The van der Waals surface area contributed by atoms with Gasteiger partial charge < -0.3 is 10.6 Å². The summed E-state index contributed by atoms with van der Waals surface area (Å²) < 4.78 is 0. The van der Waals surface area contributed by atoms with Gasteiger partial charge in [-0.05, 0) is 48.7 Å². The highest BCUT2D eigenvalue weighted by Gasteiger charge is 2.23. The lowest BCUT2D eigenvalue weighted by Gasteiger charge is -2.20. The molecular weight excluding hydrogens is 336 g/mol. The molecule has 3 aromatic rings. The smallest absolute Gasteiger partial charge is 0.252 e. The van der Waals surface area contributed by atoms with Crippen LogP contribution >= 0.6 is 0 Å². The molecule has 0 fully saturated rings. The molecular formula is C23H22N2O2. The molecule has 4 nitrogen and oxygen atoms in total. The lowest BCUT2D eigenvalue weighted by Crippen LogP contribution is -2.37. The molecule has 0 saturated heterocycles. The predicted molar refractivity (Wildman–Crippen MR) is 108 cm³/mol. The second kappa shape index (κ2) is 8.32. The first-order chi connectivity index (χ1) is 13.1. The zero-order valence-corrected chi connectivity index (χ0v) is 15.4. The Kier molecular flexibility index (Phi) is 5.67. The zero-order valence-electron chi connectivity index (χ0n) is 15.4. The normalized spacial score (nSPS) is 11.5. The minimum Gasteiger partial charge on any atom is -0.336 e. The molecule has 2 N–H and O–H groups in total. The number of aryl methyl sites for hydroxylation is 1. The topological polar surface area (TPSA) is 58.2 Å². The van der Waals surface area contributed by atoms with Crippen molar-refractivity contribution in [2.75, 3.05) is 5.32 Å². The van der Waals surface area contributed by atoms with Gasteiger partial charge in [0.2, 0.25) is 0 Å². The quantitative estimate of drug-likeness (QED) is 0.710. The van der Waals surface area contributed by atoms with Crippen LogP contribution in [-0.2, 0) is 4.79 Å². The fraction of sp³-hybridized carbons (Fsp3) is 0.130. The first-order valence-electron chi connectivity index (χ1n) is 8.84. The largest absolute Gasteiger partial charge is 0.336 e. The summed E-state index contributed by atoms with van der Waals surface area (Å²) >= 11 is 0. The van der Waals surface area contributed by atoms with Crippen molar-refractivity contribution in [1.29, 1.82) is 0 Å². The number of hydrogen-bond donors (Lipinski definition) is 2. The Morgan fingerprint density at radius 1 is 0.778 bits per heavy atom. The maximum atomic E-state index is 13.0. The zero-order chi connectivity index (χ0) is 19.2. The van der Waals surface area contributed by atoms with E-state index in [-0.39, 0.29) is 11.8 Å². The molecule has 4 heteroatoms. The minimum absolute atomic E-state index is 0.279. The van der Waals surface area contributed by atoms with Gasteiger partial charge in [-0.3, -0.25) is 9.59 Å². The summed E-state index contributed by atoms with van der Waals surface area (Å²) in [5, 5.41) is 5.81. The molecule has 1 atom stereocenters. The van der Waals surface area contributed by atoms with E-state index in [1.807, 2.05) is 68.4 Å². The van der Waals surface area contributed by atoms with Crippen LogP contribution in [0.25, 0.3) is 0 Å². The Morgan fingerprint density at radius 3 is 2.07 bits per heavy atom. The second-order valence-corrected chi connectivity index (χ2v) is 6.42. The molecule has 3 aromatic carbocycles. The molecule has 27 heavy (non-hydrogen) atoms. The van der Waals surface area contributed by atoms with Crippen molar-refractivity contribution in [1.82, 2.24) is 5.32 Å². The average molecular weight is 358 g/mol. The Balaban J connectivity index is 1.87. The summed E-state index contributed by atoms with van der Waals surface area (Å²) in [5.74, 6) is -0.570. The van der Waals surface area contributed by atoms with Crippen molar-refractivity contribution >= 4 is 17.5 Å². The van der Waals surface area contributed by atoms with Gasteiger partial charge in [0.25, 0.3) is 11.8 Å². The summed E-state index contributed by atoms with van der Waals surface area (Å²) in [6, 6.07) is 23.1. The van der Waals surface area contributed by atoms with Crippen LogP contribution in [0.15, 0.2) is 78.9 Å². The third-order valence-electron chi connectivity index (χ3n) is 4.57. The fourth-order valence-electron chi connectivity index (χ4n) is 2.84. The Labute approximate surface area is 159 Å². The van der Waals surface area contributed by atoms with E-state index in [1.165, 1.54) is 0 Å². The Hall–Kier alpha value is -3.40. The third kappa shape index (κ3) is 4.42. The number of carbonyl (C=O) groups excluding carboxylic acids is 2. The van der Waals surface area contributed by atoms with E-state index in [2.05, 4.69) is 10.6 Å². The van der Waals surface area contributed by atoms with Gasteiger partial charge in [-0.25, -0.2) is 0 Å². The van der Waals surface area contributed by atoms with Crippen LogP contribution in [0.2, 0.25) is 0 Å². The number of amides is 2. The van der Waals surface area contributed by atoms with Crippen LogP contribution in [0, 0.1) is 13.8 Å². The molecule has 3 rings (SSSR count). The van der Waals surface area contributed by atoms with Gasteiger partial charge in [-0.15, -0.1) is 0 Å². The van der Waals surface area contributed by atoms with E-state index in [0.29, 0.717) is 5.56 Å². The molecule has 1 unspecified atom stereocenters. The molecule has 0 spiro atoms. The van der Waals surface area contributed by atoms with Gasteiger partial charge in [0.05, 0.1) is 0 Å². The summed E-state index contributed by atoms with van der Waals surface area (Å²) in [6.07, 6.45) is 0. The van der Waals surface area contributed by atoms with Gasteiger partial charge in [0.1, 0.15) is 6.04 Å². The van der Waals surface area contributed by atoms with Crippen molar-refractivity contribution in [3.8, 4) is 0 Å². The molecule has 0 aromatic heterocycles. The SMILES string of the molecule is Cc1cccc(NC(=O)C(NC(=O)c2ccccc2)c2ccccc2)c1C. The highest BCUT2D eigenvalue weighted by Crippen LogP contribution is 2.21. The van der Waals surface area contributed by atoms with Gasteiger partial charge in [-0.1, -0.05) is 60.7 Å². The van der Waals surface area contributed by atoms with E-state index in [9.17, 15) is 9.59 Å². The first kappa shape index (κ1) is 18.4. The number of rotatable bonds is 5. The number of benzene rings is 3. The Bertz CT molecular complexity index is 937. The molecule has 136 valence electrons. The molecule has 2 amide bonds. The third-order valence-corrected chi connectivity index (χ3v) is 4.57. The maximum Gasteiger partial charge on any atom is 0.252 e. The van der Waals surface area contributed by atoms with Crippen LogP contribution in [0.5, 0.6) is 0 Å². The standard InChI is InChI=1S/C23H22N2O2/c1-16-10-9-15-20(17(16)2)24-23(27)21(18-11-5-3-6-12-18)25-22(26)19-13-7-4-8-14-19/h3-15,21H,1-2H3,(H,24,27)(H,25,26). The van der Waals surface area contributed by atoms with Crippen molar-refractivity contribution in [2.45, 2.75) is 19.9 Å². The van der Waals surface area contributed by atoms with E-state index < -0.39 is 6.04 Å². The number of carbonyl (C=O) groups is 2. The summed E-state index contributed by atoms with van der Waals surface area (Å²) in [5.41, 5.74) is 4.09. The van der Waals surface area contributed by atoms with Crippen molar-refractivity contribution < 1.29 is 9.59 Å². The highest BCUT2D eigenvalue weighted by molar-refractivity contribution is 6.01. The molecule has 0 bridgehead atoms. The average Bonchev–Trinajstić information content (AvgIpc) is 2.70. The van der Waals surface area contributed by atoms with Crippen LogP contribution in [-0.4, -0.2) is 11.8 Å². The van der Waals surface area contributed by atoms with E-state index >= 15 is 0 Å². The van der Waals surface area contributed by atoms with E-state index in [0.717, 1.165) is 22.4 Å². The lowest BCUT2D eigenvalue weighted by atomic mass is 10.0. The first-order valence-corrected chi connectivity index (χ1v) is 8.84. The molecule has 0 saturated carbocycles. The summed E-state index contributed by atoms with van der Waals surface area (Å²) in [6.45, 7) is 3.96. The molecule has 0 aliphatic carbocycles. The van der Waals surface area contributed by atoms with Crippen molar-refractivity contribution in [3.05, 3.63) is 101 Å². The summed E-state index contributed by atoms with van der Waals surface area (Å²) in [7, 11) is 0. The van der Waals surface area contributed by atoms with Crippen molar-refractivity contribution in [2.24, 2.45) is 0 Å². The van der Waals surface area contributed by atoms with Crippen LogP contribution in [0.4, 0.5) is 5.69 Å². The molecule has 0 aliphatic rings. The van der Waals surface area contributed by atoms with Gasteiger partial charge in [0.15, 0.2) is 0 Å². The predicted octanol–water partition coefficient (Wildman–Crippen LogP) is 4.41. The molecule has 0 aliphatic heterocycles. The second-order valence-electron chi connectivity index (χ2n) is 6.42. The highest BCUT2D eigenvalue weighted by atomic mass is 16.2. The van der Waals surface area contributed by atoms with E-state index in [4.69, 9.17) is 0 Å². The van der Waals surface area contributed by atoms with Gasteiger partial charge in [-0.2, -0.15) is 0 Å². The molecule has 0 heterocycles. The van der Waals surface area contributed by atoms with Gasteiger partial charge in [0, 0.05) is 11.3 Å². The van der Waals surface area contributed by atoms with Crippen LogP contribution in [0.1, 0.15) is 33.1 Å².